The molecule has 0 aliphatic rings. The van der Waals surface area contributed by atoms with Crippen LogP contribution in [-0.2, 0) is 26.0 Å². The van der Waals surface area contributed by atoms with Crippen LogP contribution in [0.25, 0.3) is 0 Å². The largest absolute Gasteiger partial charge is 0.495 e. The van der Waals surface area contributed by atoms with Crippen molar-refractivity contribution < 1.29 is 22.7 Å². The summed E-state index contributed by atoms with van der Waals surface area (Å²) in [5.74, 6) is -0.424. The molecule has 0 spiro atoms. The highest BCUT2D eigenvalue weighted by atomic mass is 35.5. The SMILES string of the molecule is CC[C@H](C(=O)NC(C)C)N(CCc1ccccc1)C(=O)CN(c1ccc(OC)c(Cl)c1)S(=O)(=O)c1ccccc1. The van der Waals surface area contributed by atoms with Gasteiger partial charge in [-0.25, -0.2) is 8.42 Å². The summed E-state index contributed by atoms with van der Waals surface area (Å²) in [6.07, 6.45) is 0.858. The van der Waals surface area contributed by atoms with E-state index in [1.807, 2.05) is 51.1 Å². The summed E-state index contributed by atoms with van der Waals surface area (Å²) < 4.78 is 34.0. The number of halogens is 1. The first kappa shape index (κ1) is 31.0. The highest BCUT2D eigenvalue weighted by Crippen LogP contribution is 2.32. The Balaban J connectivity index is 2.03. The third-order valence-electron chi connectivity index (χ3n) is 6.33. The number of amides is 2. The van der Waals surface area contributed by atoms with E-state index in [0.717, 1.165) is 9.87 Å². The standard InChI is InChI=1S/C30H36ClN3O5S/c1-5-27(30(36)32-22(2)3)33(19-18-23-12-8-6-9-13-23)29(35)21-34(24-16-17-28(39-4)26(31)20-24)40(37,38)25-14-10-7-11-15-25/h6-17,20,22,27H,5,18-19,21H2,1-4H3,(H,32,36)/t27-/m1/s1. The molecule has 0 radical (unpaired) electrons. The quantitative estimate of drug-likeness (QED) is 0.307. The number of hydrogen-bond donors (Lipinski definition) is 1. The summed E-state index contributed by atoms with van der Waals surface area (Å²) >= 11 is 6.35. The molecule has 0 saturated carbocycles. The van der Waals surface area contributed by atoms with E-state index in [9.17, 15) is 18.0 Å². The van der Waals surface area contributed by atoms with Crippen molar-refractivity contribution in [3.63, 3.8) is 0 Å². The molecule has 0 aliphatic carbocycles. The van der Waals surface area contributed by atoms with Crippen molar-refractivity contribution in [2.24, 2.45) is 0 Å². The number of hydrogen-bond acceptors (Lipinski definition) is 5. The minimum absolute atomic E-state index is 0.0233. The highest BCUT2D eigenvalue weighted by molar-refractivity contribution is 7.92. The Hall–Kier alpha value is -3.56. The molecule has 3 aromatic rings. The first-order chi connectivity index (χ1) is 19.1. The van der Waals surface area contributed by atoms with Crippen LogP contribution in [0.15, 0.2) is 83.8 Å². The molecular formula is C30H36ClN3O5S. The van der Waals surface area contributed by atoms with Gasteiger partial charge in [0.25, 0.3) is 10.0 Å². The molecule has 8 nitrogen and oxygen atoms in total. The van der Waals surface area contributed by atoms with Crippen LogP contribution in [0.1, 0.15) is 32.8 Å². The van der Waals surface area contributed by atoms with E-state index < -0.39 is 28.5 Å². The maximum absolute atomic E-state index is 14.0. The maximum Gasteiger partial charge on any atom is 0.264 e. The summed E-state index contributed by atoms with van der Waals surface area (Å²) in [5.41, 5.74) is 1.20. The predicted molar refractivity (Wildman–Crippen MR) is 158 cm³/mol. The molecule has 214 valence electrons. The van der Waals surface area contributed by atoms with E-state index >= 15 is 0 Å². The fourth-order valence-corrected chi connectivity index (χ4v) is 6.01. The van der Waals surface area contributed by atoms with Crippen molar-refractivity contribution in [2.75, 3.05) is 24.5 Å². The topological polar surface area (TPSA) is 96.0 Å². The zero-order valence-electron chi connectivity index (χ0n) is 23.2. The molecule has 0 aliphatic heterocycles. The number of nitrogens with zero attached hydrogens (tertiary/aromatic N) is 2. The lowest BCUT2D eigenvalue weighted by molar-refractivity contribution is -0.139. The van der Waals surface area contributed by atoms with Crippen molar-refractivity contribution in [1.82, 2.24) is 10.2 Å². The maximum atomic E-state index is 14.0. The fraction of sp³-hybridized carbons (Fsp3) is 0.333. The van der Waals surface area contributed by atoms with Gasteiger partial charge in [0, 0.05) is 12.6 Å². The van der Waals surface area contributed by atoms with Crippen molar-refractivity contribution in [2.45, 2.75) is 50.6 Å². The second-order valence-corrected chi connectivity index (χ2v) is 11.8. The van der Waals surface area contributed by atoms with Crippen LogP contribution in [0.5, 0.6) is 5.75 Å². The lowest BCUT2D eigenvalue weighted by atomic mass is 10.1. The Bertz CT molecular complexity index is 1380. The van der Waals surface area contributed by atoms with Gasteiger partial charge in [0.2, 0.25) is 11.8 Å². The van der Waals surface area contributed by atoms with Gasteiger partial charge in [-0.1, -0.05) is 67.1 Å². The monoisotopic (exact) mass is 585 g/mol. The van der Waals surface area contributed by atoms with Crippen LogP contribution >= 0.6 is 11.6 Å². The van der Waals surface area contributed by atoms with Crippen LogP contribution in [0, 0.1) is 0 Å². The second kappa shape index (κ2) is 14.2. The molecule has 0 fully saturated rings. The van der Waals surface area contributed by atoms with E-state index in [-0.39, 0.29) is 34.1 Å². The first-order valence-corrected chi connectivity index (χ1v) is 14.9. The molecule has 3 aromatic carbocycles. The molecule has 3 rings (SSSR count). The number of sulfonamides is 1. The molecular weight excluding hydrogens is 550 g/mol. The van der Waals surface area contributed by atoms with Crippen molar-refractivity contribution in [3.05, 3.63) is 89.4 Å². The number of benzene rings is 3. The van der Waals surface area contributed by atoms with Gasteiger partial charge in [0.1, 0.15) is 18.3 Å². The van der Waals surface area contributed by atoms with E-state index in [2.05, 4.69) is 5.32 Å². The lowest BCUT2D eigenvalue weighted by Crippen LogP contribution is -2.54. The fourth-order valence-electron chi connectivity index (χ4n) is 4.34. The number of carbonyl (C=O) groups is 2. The molecule has 0 bridgehead atoms. The second-order valence-electron chi connectivity index (χ2n) is 9.55. The Morgan fingerprint density at radius 2 is 1.60 bits per heavy atom. The van der Waals surface area contributed by atoms with E-state index in [1.165, 1.54) is 36.3 Å². The van der Waals surface area contributed by atoms with Gasteiger partial charge in [-0.05, 0) is 62.6 Å². The van der Waals surface area contributed by atoms with Crippen molar-refractivity contribution in [1.29, 1.82) is 0 Å². The number of nitrogens with one attached hydrogen (secondary N) is 1. The van der Waals surface area contributed by atoms with Gasteiger partial charge in [0.15, 0.2) is 0 Å². The van der Waals surface area contributed by atoms with Crippen molar-refractivity contribution in [3.8, 4) is 5.75 Å². The molecule has 40 heavy (non-hydrogen) atoms. The Morgan fingerprint density at radius 1 is 0.975 bits per heavy atom. The molecule has 1 N–H and O–H groups in total. The summed E-state index contributed by atoms with van der Waals surface area (Å²) in [6.45, 7) is 5.23. The molecule has 0 saturated heterocycles. The molecule has 0 unspecified atom stereocenters. The van der Waals surface area contributed by atoms with Crippen molar-refractivity contribution >= 4 is 39.1 Å². The Labute approximate surface area is 241 Å². The normalized spacial score (nSPS) is 12.1. The van der Waals surface area contributed by atoms with Gasteiger partial charge in [-0.3, -0.25) is 13.9 Å². The number of methoxy groups -OCH3 is 1. The summed E-state index contributed by atoms with van der Waals surface area (Å²) in [5, 5.41) is 3.09. The first-order valence-electron chi connectivity index (χ1n) is 13.1. The van der Waals surface area contributed by atoms with Gasteiger partial charge in [-0.15, -0.1) is 0 Å². The average Bonchev–Trinajstić information content (AvgIpc) is 2.94. The van der Waals surface area contributed by atoms with Crippen LogP contribution < -0.4 is 14.4 Å². The third kappa shape index (κ3) is 7.76. The van der Waals surface area contributed by atoms with Gasteiger partial charge >= 0.3 is 0 Å². The zero-order valence-corrected chi connectivity index (χ0v) is 24.8. The number of rotatable bonds is 13. The van der Waals surface area contributed by atoms with Crippen LogP contribution in [0.2, 0.25) is 5.02 Å². The Morgan fingerprint density at radius 3 is 2.15 bits per heavy atom. The van der Waals surface area contributed by atoms with Gasteiger partial charge in [-0.2, -0.15) is 0 Å². The molecule has 0 heterocycles. The molecule has 2 amide bonds. The molecule has 10 heteroatoms. The molecule has 0 aromatic heterocycles. The van der Waals surface area contributed by atoms with Gasteiger partial charge in [0.05, 0.1) is 22.7 Å². The number of carbonyl (C=O) groups excluding carboxylic acids is 2. The third-order valence-corrected chi connectivity index (χ3v) is 8.42. The summed E-state index contributed by atoms with van der Waals surface area (Å²) in [6, 6.07) is 21.1. The minimum atomic E-state index is -4.17. The highest BCUT2D eigenvalue weighted by Gasteiger charge is 2.33. The lowest BCUT2D eigenvalue weighted by Gasteiger charge is -2.33. The number of anilines is 1. The summed E-state index contributed by atoms with van der Waals surface area (Å²) in [4.78, 5) is 28.7. The average molecular weight is 586 g/mol. The van der Waals surface area contributed by atoms with Crippen LogP contribution in [0.3, 0.4) is 0 Å². The Kier molecular flexibility index (Phi) is 11.0. The van der Waals surface area contributed by atoms with Crippen LogP contribution in [-0.4, -0.2) is 57.4 Å². The van der Waals surface area contributed by atoms with E-state index in [0.29, 0.717) is 18.6 Å². The summed E-state index contributed by atoms with van der Waals surface area (Å²) in [7, 11) is -2.71. The van der Waals surface area contributed by atoms with Gasteiger partial charge < -0.3 is 15.0 Å². The van der Waals surface area contributed by atoms with E-state index in [4.69, 9.17) is 16.3 Å². The smallest absolute Gasteiger partial charge is 0.264 e. The predicted octanol–water partition coefficient (Wildman–Crippen LogP) is 4.92. The van der Waals surface area contributed by atoms with Crippen LogP contribution in [0.4, 0.5) is 5.69 Å². The zero-order chi connectivity index (χ0) is 29.3. The minimum Gasteiger partial charge on any atom is -0.495 e. The molecule has 1 atom stereocenters. The van der Waals surface area contributed by atoms with E-state index in [1.54, 1.807) is 24.3 Å². The number of ether oxygens (including phenoxy) is 1.